The summed E-state index contributed by atoms with van der Waals surface area (Å²) in [6.45, 7) is 5.10. The second-order valence-corrected chi connectivity index (χ2v) is 5.16. The van der Waals surface area contributed by atoms with Gasteiger partial charge in [0.25, 0.3) is 0 Å². The number of hydrogen-bond acceptors (Lipinski definition) is 2. The minimum atomic E-state index is 0.474. The fraction of sp³-hybridized carbons (Fsp3) is 0.357. The van der Waals surface area contributed by atoms with Crippen LogP contribution in [0.2, 0.25) is 5.02 Å². The largest absolute Gasteiger partial charge is 0.310 e. The molecule has 1 aromatic heterocycles. The third-order valence-electron chi connectivity index (χ3n) is 2.76. The smallest absolute Gasteiger partial charge is 0.0568 e. The van der Waals surface area contributed by atoms with E-state index in [2.05, 4.69) is 36.4 Å². The molecule has 0 aliphatic rings. The van der Waals surface area contributed by atoms with Crippen LogP contribution in [-0.2, 0) is 13.6 Å². The molecule has 1 N–H and O–H groups in total. The van der Waals surface area contributed by atoms with E-state index in [0.717, 1.165) is 22.7 Å². The average molecular weight is 264 g/mol. The minimum Gasteiger partial charge on any atom is -0.310 e. The van der Waals surface area contributed by atoms with Crippen molar-refractivity contribution in [3.8, 4) is 11.1 Å². The predicted octanol–water partition coefficient (Wildman–Crippen LogP) is 3.24. The molecular formula is C14H18ClN3. The molecule has 0 spiro atoms. The normalized spacial score (nSPS) is 11.2. The van der Waals surface area contributed by atoms with Gasteiger partial charge in [0.1, 0.15) is 0 Å². The van der Waals surface area contributed by atoms with Gasteiger partial charge in [-0.25, -0.2) is 0 Å². The van der Waals surface area contributed by atoms with Crippen LogP contribution in [0.4, 0.5) is 0 Å². The average Bonchev–Trinajstić information content (AvgIpc) is 2.73. The Morgan fingerprint density at radius 3 is 2.72 bits per heavy atom. The quantitative estimate of drug-likeness (QED) is 0.918. The SMILES string of the molecule is CC(C)NCc1ccc(-c2cnn(C)c2)c(Cl)c1. The maximum atomic E-state index is 6.32. The lowest BCUT2D eigenvalue weighted by atomic mass is 10.1. The summed E-state index contributed by atoms with van der Waals surface area (Å²) in [6.07, 6.45) is 3.79. The van der Waals surface area contributed by atoms with Crippen LogP contribution < -0.4 is 5.32 Å². The fourth-order valence-electron chi connectivity index (χ4n) is 1.78. The lowest BCUT2D eigenvalue weighted by Crippen LogP contribution is -2.21. The van der Waals surface area contributed by atoms with Crippen LogP contribution in [-0.4, -0.2) is 15.8 Å². The summed E-state index contributed by atoms with van der Waals surface area (Å²) in [4.78, 5) is 0. The zero-order valence-corrected chi connectivity index (χ0v) is 11.7. The lowest BCUT2D eigenvalue weighted by molar-refractivity contribution is 0.589. The molecule has 0 amide bonds. The van der Waals surface area contributed by atoms with E-state index in [0.29, 0.717) is 6.04 Å². The van der Waals surface area contributed by atoms with Crippen LogP contribution in [0.25, 0.3) is 11.1 Å². The molecule has 0 radical (unpaired) electrons. The van der Waals surface area contributed by atoms with Crippen molar-refractivity contribution in [2.45, 2.75) is 26.4 Å². The van der Waals surface area contributed by atoms with E-state index in [1.807, 2.05) is 25.5 Å². The Morgan fingerprint density at radius 2 is 2.17 bits per heavy atom. The third kappa shape index (κ3) is 3.12. The van der Waals surface area contributed by atoms with Gasteiger partial charge >= 0.3 is 0 Å². The van der Waals surface area contributed by atoms with Crippen LogP contribution in [0.3, 0.4) is 0 Å². The highest BCUT2D eigenvalue weighted by atomic mass is 35.5. The van der Waals surface area contributed by atoms with Gasteiger partial charge in [0.15, 0.2) is 0 Å². The van der Waals surface area contributed by atoms with E-state index in [1.54, 1.807) is 4.68 Å². The highest BCUT2D eigenvalue weighted by Gasteiger charge is 2.06. The molecule has 0 aliphatic carbocycles. The number of benzene rings is 1. The Labute approximate surface area is 113 Å². The number of hydrogen-bond donors (Lipinski definition) is 1. The van der Waals surface area contributed by atoms with Crippen molar-refractivity contribution in [2.75, 3.05) is 0 Å². The Hall–Kier alpha value is -1.32. The first-order valence-corrected chi connectivity index (χ1v) is 6.45. The van der Waals surface area contributed by atoms with Crippen LogP contribution in [0.5, 0.6) is 0 Å². The van der Waals surface area contributed by atoms with E-state index in [4.69, 9.17) is 11.6 Å². The minimum absolute atomic E-state index is 0.474. The summed E-state index contributed by atoms with van der Waals surface area (Å²) < 4.78 is 1.78. The van der Waals surface area contributed by atoms with Gasteiger partial charge in [0, 0.05) is 42.0 Å². The lowest BCUT2D eigenvalue weighted by Gasteiger charge is -2.09. The number of nitrogens with one attached hydrogen (secondary N) is 1. The van der Waals surface area contributed by atoms with E-state index < -0.39 is 0 Å². The summed E-state index contributed by atoms with van der Waals surface area (Å²) in [5.74, 6) is 0. The molecular weight excluding hydrogens is 246 g/mol. The molecule has 2 aromatic rings. The number of aromatic nitrogens is 2. The molecule has 1 heterocycles. The van der Waals surface area contributed by atoms with E-state index in [9.17, 15) is 0 Å². The Morgan fingerprint density at radius 1 is 1.39 bits per heavy atom. The first-order valence-electron chi connectivity index (χ1n) is 6.07. The van der Waals surface area contributed by atoms with Gasteiger partial charge in [0.05, 0.1) is 6.20 Å². The molecule has 0 unspecified atom stereocenters. The number of rotatable bonds is 4. The van der Waals surface area contributed by atoms with Gasteiger partial charge < -0.3 is 5.32 Å². The first-order chi connectivity index (χ1) is 8.56. The summed E-state index contributed by atoms with van der Waals surface area (Å²) in [5.41, 5.74) is 3.27. The summed E-state index contributed by atoms with van der Waals surface area (Å²) in [6, 6.07) is 6.64. The molecule has 96 valence electrons. The van der Waals surface area contributed by atoms with Crippen molar-refractivity contribution in [1.29, 1.82) is 0 Å². The van der Waals surface area contributed by atoms with Crippen molar-refractivity contribution in [3.63, 3.8) is 0 Å². The number of aryl methyl sites for hydroxylation is 1. The van der Waals surface area contributed by atoms with Gasteiger partial charge in [-0.05, 0) is 11.6 Å². The second kappa shape index (κ2) is 5.55. The van der Waals surface area contributed by atoms with Crippen molar-refractivity contribution in [2.24, 2.45) is 7.05 Å². The summed E-state index contributed by atoms with van der Waals surface area (Å²) in [7, 11) is 1.90. The van der Waals surface area contributed by atoms with Gasteiger partial charge in [0.2, 0.25) is 0 Å². The predicted molar refractivity (Wildman–Crippen MR) is 75.6 cm³/mol. The van der Waals surface area contributed by atoms with Crippen molar-refractivity contribution < 1.29 is 0 Å². The standard InChI is InChI=1S/C14H18ClN3/c1-10(2)16-7-11-4-5-13(14(15)6-11)12-8-17-18(3)9-12/h4-6,8-10,16H,7H2,1-3H3. The molecule has 3 nitrogen and oxygen atoms in total. The van der Waals surface area contributed by atoms with Crippen LogP contribution in [0.1, 0.15) is 19.4 Å². The zero-order chi connectivity index (χ0) is 13.1. The van der Waals surface area contributed by atoms with Crippen LogP contribution in [0, 0.1) is 0 Å². The summed E-state index contributed by atoms with van der Waals surface area (Å²) in [5, 5.41) is 8.31. The van der Waals surface area contributed by atoms with E-state index >= 15 is 0 Å². The van der Waals surface area contributed by atoms with Gasteiger partial charge in [-0.15, -0.1) is 0 Å². The molecule has 0 aliphatic heterocycles. The second-order valence-electron chi connectivity index (χ2n) is 4.75. The van der Waals surface area contributed by atoms with Crippen LogP contribution in [0.15, 0.2) is 30.6 Å². The van der Waals surface area contributed by atoms with Gasteiger partial charge in [-0.2, -0.15) is 5.10 Å². The first kappa shape index (κ1) is 13.1. The fourth-order valence-corrected chi connectivity index (χ4v) is 2.10. The molecule has 1 aromatic carbocycles. The van der Waals surface area contributed by atoms with Crippen molar-refractivity contribution in [3.05, 3.63) is 41.2 Å². The van der Waals surface area contributed by atoms with Gasteiger partial charge in [-0.3, -0.25) is 4.68 Å². The monoisotopic (exact) mass is 263 g/mol. The zero-order valence-electron chi connectivity index (χ0n) is 10.9. The number of nitrogens with zero attached hydrogens (tertiary/aromatic N) is 2. The Bertz CT molecular complexity index is 532. The maximum Gasteiger partial charge on any atom is 0.0568 e. The molecule has 2 rings (SSSR count). The molecule has 4 heteroatoms. The highest BCUT2D eigenvalue weighted by molar-refractivity contribution is 6.33. The molecule has 0 bridgehead atoms. The summed E-state index contributed by atoms with van der Waals surface area (Å²) >= 11 is 6.32. The molecule has 0 saturated heterocycles. The van der Waals surface area contributed by atoms with E-state index in [-0.39, 0.29) is 0 Å². The van der Waals surface area contributed by atoms with Crippen molar-refractivity contribution in [1.82, 2.24) is 15.1 Å². The Kier molecular flexibility index (Phi) is 4.04. The number of halogens is 1. The molecule has 0 saturated carbocycles. The van der Waals surface area contributed by atoms with E-state index in [1.165, 1.54) is 5.56 Å². The molecule has 0 atom stereocenters. The van der Waals surface area contributed by atoms with Gasteiger partial charge in [-0.1, -0.05) is 37.6 Å². The topological polar surface area (TPSA) is 29.9 Å². The van der Waals surface area contributed by atoms with Crippen LogP contribution >= 0.6 is 11.6 Å². The maximum absolute atomic E-state index is 6.32. The highest BCUT2D eigenvalue weighted by Crippen LogP contribution is 2.28. The molecule has 18 heavy (non-hydrogen) atoms. The third-order valence-corrected chi connectivity index (χ3v) is 3.08. The molecule has 0 fully saturated rings. The van der Waals surface area contributed by atoms with Crippen molar-refractivity contribution >= 4 is 11.6 Å². The Balaban J connectivity index is 2.20.